The summed E-state index contributed by atoms with van der Waals surface area (Å²) >= 11 is 0. The Bertz CT molecular complexity index is 142. The molecule has 4 heteroatoms. The molecule has 4 nitrogen and oxygen atoms in total. The Morgan fingerprint density at radius 2 is 2.25 bits per heavy atom. The Kier molecular flexibility index (Phi) is 3.46. The first-order valence-corrected chi connectivity index (χ1v) is 4.45. The zero-order valence-electron chi connectivity index (χ0n) is 7.61. The van der Waals surface area contributed by atoms with Crippen molar-refractivity contribution in [1.82, 2.24) is 4.90 Å². The lowest BCUT2D eigenvalue weighted by Crippen LogP contribution is -2.49. The lowest BCUT2D eigenvalue weighted by molar-refractivity contribution is 0.225. The van der Waals surface area contributed by atoms with Crippen LogP contribution in [0.1, 0.15) is 6.42 Å². The van der Waals surface area contributed by atoms with E-state index in [4.69, 9.17) is 16.6 Å². The van der Waals surface area contributed by atoms with E-state index in [2.05, 4.69) is 11.9 Å². The Hall–Kier alpha value is -0.160. The fourth-order valence-corrected chi connectivity index (χ4v) is 1.75. The monoisotopic (exact) mass is 173 g/mol. The van der Waals surface area contributed by atoms with E-state index < -0.39 is 0 Å². The summed E-state index contributed by atoms with van der Waals surface area (Å²) in [5.74, 6) is 0.456. The van der Waals surface area contributed by atoms with Gasteiger partial charge in [-0.2, -0.15) is 0 Å². The van der Waals surface area contributed by atoms with Crippen LogP contribution in [0.15, 0.2) is 0 Å². The molecule has 3 unspecified atom stereocenters. The summed E-state index contributed by atoms with van der Waals surface area (Å²) in [6.07, 6.45) is 1.10. The van der Waals surface area contributed by atoms with Crippen molar-refractivity contribution in [2.75, 3.05) is 26.7 Å². The quantitative estimate of drug-likeness (QED) is 0.490. The molecule has 0 bridgehead atoms. The van der Waals surface area contributed by atoms with Crippen molar-refractivity contribution in [3.05, 3.63) is 0 Å². The molecule has 0 amide bonds. The van der Waals surface area contributed by atoms with Gasteiger partial charge in [0.05, 0.1) is 6.61 Å². The van der Waals surface area contributed by atoms with Crippen LogP contribution in [0, 0.1) is 5.92 Å². The molecule has 0 aromatic carbocycles. The Labute approximate surface area is 73.5 Å². The molecule has 1 saturated heterocycles. The van der Waals surface area contributed by atoms with Crippen LogP contribution in [0.25, 0.3) is 0 Å². The van der Waals surface area contributed by atoms with Crippen LogP contribution in [-0.4, -0.2) is 48.8 Å². The van der Waals surface area contributed by atoms with E-state index >= 15 is 0 Å². The van der Waals surface area contributed by atoms with E-state index in [1.165, 1.54) is 0 Å². The predicted octanol–water partition coefficient (Wildman–Crippen LogP) is -1.41. The second-order valence-electron chi connectivity index (χ2n) is 3.73. The third-order valence-electron chi connectivity index (χ3n) is 2.68. The minimum absolute atomic E-state index is 0.0125. The highest BCUT2D eigenvalue weighted by Crippen LogP contribution is 2.18. The van der Waals surface area contributed by atoms with E-state index in [1.54, 1.807) is 0 Å². The zero-order valence-corrected chi connectivity index (χ0v) is 7.61. The number of aliphatic hydroxyl groups is 1. The van der Waals surface area contributed by atoms with Gasteiger partial charge in [0, 0.05) is 18.6 Å². The third kappa shape index (κ3) is 2.17. The fourth-order valence-electron chi connectivity index (χ4n) is 1.75. The minimum Gasteiger partial charge on any atom is -0.395 e. The average Bonchev–Trinajstić information content (AvgIpc) is 2.49. The number of hydrogen-bond donors (Lipinski definition) is 3. The van der Waals surface area contributed by atoms with Crippen LogP contribution in [0.2, 0.25) is 0 Å². The molecule has 1 rings (SSSR count). The Morgan fingerprint density at radius 1 is 1.58 bits per heavy atom. The summed E-state index contributed by atoms with van der Waals surface area (Å²) in [4.78, 5) is 2.24. The van der Waals surface area contributed by atoms with Crippen LogP contribution in [0.5, 0.6) is 0 Å². The lowest BCUT2D eigenvalue weighted by Gasteiger charge is -2.23. The molecule has 0 saturated carbocycles. The predicted molar refractivity (Wildman–Crippen MR) is 48.6 cm³/mol. The van der Waals surface area contributed by atoms with Crippen LogP contribution in [0.3, 0.4) is 0 Å². The number of nitrogens with two attached hydrogens (primary N) is 2. The summed E-state index contributed by atoms with van der Waals surface area (Å²) in [6.45, 7) is 2.09. The van der Waals surface area contributed by atoms with Gasteiger partial charge in [0.1, 0.15) is 0 Å². The number of likely N-dealkylation sites (tertiary alicyclic amines) is 1. The summed E-state index contributed by atoms with van der Waals surface area (Å²) in [6, 6.07) is -0.318. The van der Waals surface area contributed by atoms with Crippen molar-refractivity contribution >= 4 is 0 Å². The first-order chi connectivity index (χ1) is 5.65. The van der Waals surface area contributed by atoms with E-state index in [9.17, 15) is 0 Å². The molecule has 1 heterocycles. The maximum atomic E-state index is 8.81. The first-order valence-electron chi connectivity index (χ1n) is 4.45. The van der Waals surface area contributed by atoms with E-state index in [0.29, 0.717) is 5.92 Å². The molecule has 1 aliphatic rings. The topological polar surface area (TPSA) is 75.5 Å². The third-order valence-corrected chi connectivity index (χ3v) is 2.68. The van der Waals surface area contributed by atoms with Gasteiger partial charge in [0.25, 0.3) is 0 Å². The van der Waals surface area contributed by atoms with Crippen molar-refractivity contribution in [2.24, 2.45) is 17.4 Å². The van der Waals surface area contributed by atoms with Gasteiger partial charge in [-0.15, -0.1) is 0 Å². The highest BCUT2D eigenvalue weighted by molar-refractivity contribution is 4.87. The zero-order chi connectivity index (χ0) is 9.14. The second-order valence-corrected chi connectivity index (χ2v) is 3.73. The van der Waals surface area contributed by atoms with E-state index in [-0.39, 0.29) is 18.7 Å². The second kappa shape index (κ2) is 4.18. The fraction of sp³-hybridized carbons (Fsp3) is 1.00. The first kappa shape index (κ1) is 9.92. The molecule has 1 fully saturated rings. The number of aliphatic hydroxyl groups excluding tert-OH is 1. The SMILES string of the molecule is CN1CCC(C(N)C(N)CO)C1. The molecule has 1 aliphatic heterocycles. The van der Waals surface area contributed by atoms with Crippen molar-refractivity contribution in [3.63, 3.8) is 0 Å². The van der Waals surface area contributed by atoms with Gasteiger partial charge in [0.2, 0.25) is 0 Å². The van der Waals surface area contributed by atoms with Gasteiger partial charge in [-0.25, -0.2) is 0 Å². The molecule has 0 aliphatic carbocycles. The van der Waals surface area contributed by atoms with Crippen molar-refractivity contribution in [3.8, 4) is 0 Å². The van der Waals surface area contributed by atoms with Crippen molar-refractivity contribution in [2.45, 2.75) is 18.5 Å². The number of nitrogens with zero attached hydrogens (tertiary/aromatic N) is 1. The smallest absolute Gasteiger partial charge is 0.0597 e. The van der Waals surface area contributed by atoms with E-state index in [0.717, 1.165) is 19.5 Å². The standard InChI is InChI=1S/C8H19N3O/c1-11-3-2-6(4-11)8(10)7(9)5-12/h6-8,12H,2-5,9-10H2,1H3. The summed E-state index contributed by atoms with van der Waals surface area (Å²) < 4.78 is 0. The maximum Gasteiger partial charge on any atom is 0.0597 e. The molecule has 0 aromatic heterocycles. The van der Waals surface area contributed by atoms with Gasteiger partial charge in [-0.1, -0.05) is 0 Å². The molecular formula is C8H19N3O. The number of rotatable bonds is 3. The van der Waals surface area contributed by atoms with Gasteiger partial charge < -0.3 is 21.5 Å². The van der Waals surface area contributed by atoms with Crippen LogP contribution in [-0.2, 0) is 0 Å². The summed E-state index contributed by atoms with van der Waals surface area (Å²) in [5, 5.41) is 8.81. The molecule has 0 aromatic rings. The summed E-state index contributed by atoms with van der Waals surface area (Å²) in [5.41, 5.74) is 11.5. The molecule has 3 atom stereocenters. The minimum atomic E-state index is -0.263. The average molecular weight is 173 g/mol. The van der Waals surface area contributed by atoms with Crippen LogP contribution in [0.4, 0.5) is 0 Å². The van der Waals surface area contributed by atoms with Crippen LogP contribution < -0.4 is 11.5 Å². The number of hydrogen-bond acceptors (Lipinski definition) is 4. The highest BCUT2D eigenvalue weighted by Gasteiger charge is 2.28. The molecule has 0 spiro atoms. The molecule has 72 valence electrons. The molecule has 0 radical (unpaired) electrons. The molecular weight excluding hydrogens is 154 g/mol. The molecule has 12 heavy (non-hydrogen) atoms. The maximum absolute atomic E-state index is 8.81. The van der Waals surface area contributed by atoms with Gasteiger partial charge >= 0.3 is 0 Å². The van der Waals surface area contributed by atoms with Gasteiger partial charge in [-0.05, 0) is 25.9 Å². The van der Waals surface area contributed by atoms with E-state index in [1.807, 2.05) is 0 Å². The van der Waals surface area contributed by atoms with Crippen molar-refractivity contribution in [1.29, 1.82) is 0 Å². The van der Waals surface area contributed by atoms with Crippen LogP contribution >= 0.6 is 0 Å². The Balaban J connectivity index is 2.37. The highest BCUT2D eigenvalue weighted by atomic mass is 16.3. The Morgan fingerprint density at radius 3 is 2.67 bits per heavy atom. The van der Waals surface area contributed by atoms with Gasteiger partial charge in [-0.3, -0.25) is 0 Å². The normalized spacial score (nSPS) is 30.5. The van der Waals surface area contributed by atoms with Crippen molar-refractivity contribution < 1.29 is 5.11 Å². The largest absolute Gasteiger partial charge is 0.395 e. The molecule has 5 N–H and O–H groups in total. The summed E-state index contributed by atoms with van der Waals surface area (Å²) in [7, 11) is 2.08. The lowest BCUT2D eigenvalue weighted by atomic mass is 9.94. The van der Waals surface area contributed by atoms with Gasteiger partial charge in [0.15, 0.2) is 0 Å².